The van der Waals surface area contributed by atoms with Crippen molar-refractivity contribution in [3.63, 3.8) is 0 Å². The highest BCUT2D eigenvalue weighted by Crippen LogP contribution is 2.20. The van der Waals surface area contributed by atoms with Crippen LogP contribution in [0.15, 0.2) is 42.5 Å². The molecule has 0 bridgehead atoms. The number of benzene rings is 2. The number of anilines is 3. The summed E-state index contributed by atoms with van der Waals surface area (Å²) in [6.45, 7) is 1.56. The summed E-state index contributed by atoms with van der Waals surface area (Å²) in [6, 6.07) is 10.3. The van der Waals surface area contributed by atoms with Crippen LogP contribution >= 0.6 is 0 Å². The van der Waals surface area contributed by atoms with E-state index in [0.717, 1.165) is 17.8 Å². The van der Waals surface area contributed by atoms with Gasteiger partial charge in [0.1, 0.15) is 11.6 Å². The van der Waals surface area contributed by atoms with Crippen LogP contribution in [0.1, 0.15) is 13.3 Å². The maximum atomic E-state index is 13.6. The highest BCUT2D eigenvalue weighted by Gasteiger charge is 2.15. The lowest BCUT2D eigenvalue weighted by Crippen LogP contribution is -2.32. The van der Waals surface area contributed by atoms with E-state index in [-0.39, 0.29) is 24.6 Å². The van der Waals surface area contributed by atoms with Crippen LogP contribution in [0.25, 0.3) is 0 Å². The van der Waals surface area contributed by atoms with Crippen molar-refractivity contribution in [2.75, 3.05) is 35.8 Å². The molecule has 0 spiro atoms. The summed E-state index contributed by atoms with van der Waals surface area (Å²) >= 11 is 0. The Balaban J connectivity index is 2.01. The molecular weight excluding hydrogens is 340 g/mol. The molecular formula is C19H21F2N3O2. The normalized spacial score (nSPS) is 10.3. The molecule has 0 aliphatic carbocycles. The van der Waals surface area contributed by atoms with Crippen LogP contribution in [0, 0.1) is 11.6 Å². The molecule has 7 heteroatoms. The standard InChI is InChI=1S/C19H21F2N3O2/c1-13(25)24(16-7-5-15(6-8-16)23(2)3)11-10-19(26)22-18-9-4-14(20)12-17(18)21/h4-9,12H,10-11H2,1-3H3,(H,22,26). The smallest absolute Gasteiger partial charge is 0.226 e. The Kier molecular flexibility index (Phi) is 6.27. The average Bonchev–Trinajstić information content (AvgIpc) is 2.57. The Morgan fingerprint density at radius 2 is 1.62 bits per heavy atom. The lowest BCUT2D eigenvalue weighted by molar-refractivity contribution is -0.117. The first-order chi connectivity index (χ1) is 12.3. The van der Waals surface area contributed by atoms with Crippen molar-refractivity contribution in [1.82, 2.24) is 0 Å². The second kappa shape index (κ2) is 8.42. The van der Waals surface area contributed by atoms with Crippen molar-refractivity contribution in [3.05, 3.63) is 54.1 Å². The van der Waals surface area contributed by atoms with Gasteiger partial charge in [-0.3, -0.25) is 9.59 Å². The minimum Gasteiger partial charge on any atom is -0.378 e. The minimum absolute atomic E-state index is 0.0220. The molecule has 2 aromatic carbocycles. The van der Waals surface area contributed by atoms with Crippen LogP contribution < -0.4 is 15.1 Å². The molecule has 0 fully saturated rings. The van der Waals surface area contributed by atoms with Crippen LogP contribution in [0.4, 0.5) is 25.8 Å². The fourth-order valence-corrected chi connectivity index (χ4v) is 2.42. The van der Waals surface area contributed by atoms with Gasteiger partial charge in [-0.25, -0.2) is 8.78 Å². The maximum absolute atomic E-state index is 13.6. The van der Waals surface area contributed by atoms with E-state index >= 15 is 0 Å². The van der Waals surface area contributed by atoms with Crippen molar-refractivity contribution in [1.29, 1.82) is 0 Å². The Morgan fingerprint density at radius 1 is 1.00 bits per heavy atom. The van der Waals surface area contributed by atoms with Crippen LogP contribution in [0.2, 0.25) is 0 Å². The number of carbonyl (C=O) groups is 2. The molecule has 0 aliphatic heterocycles. The fraction of sp³-hybridized carbons (Fsp3) is 0.263. The van der Waals surface area contributed by atoms with Crippen molar-refractivity contribution in [2.45, 2.75) is 13.3 Å². The predicted molar refractivity (Wildman–Crippen MR) is 98.4 cm³/mol. The van der Waals surface area contributed by atoms with Crippen LogP contribution in [-0.2, 0) is 9.59 Å². The number of amides is 2. The average molecular weight is 361 g/mol. The van der Waals surface area contributed by atoms with Gasteiger partial charge in [-0.15, -0.1) is 0 Å². The summed E-state index contributed by atoms with van der Waals surface area (Å²) in [5.41, 5.74) is 1.56. The van der Waals surface area contributed by atoms with E-state index < -0.39 is 17.5 Å². The zero-order valence-electron chi connectivity index (χ0n) is 14.9. The fourth-order valence-electron chi connectivity index (χ4n) is 2.42. The number of rotatable bonds is 6. The Labute approximate surface area is 151 Å². The summed E-state index contributed by atoms with van der Waals surface area (Å²) in [6.07, 6.45) is -0.0220. The number of hydrogen-bond acceptors (Lipinski definition) is 3. The molecule has 0 aliphatic rings. The largest absolute Gasteiger partial charge is 0.378 e. The van der Waals surface area contributed by atoms with E-state index in [1.807, 2.05) is 31.1 Å². The van der Waals surface area contributed by atoms with Gasteiger partial charge in [0.2, 0.25) is 11.8 Å². The zero-order valence-corrected chi connectivity index (χ0v) is 14.9. The SMILES string of the molecule is CC(=O)N(CCC(=O)Nc1ccc(F)cc1F)c1ccc(N(C)C)cc1. The molecule has 0 radical (unpaired) electrons. The van der Waals surface area contributed by atoms with E-state index in [9.17, 15) is 18.4 Å². The Hall–Kier alpha value is -2.96. The summed E-state index contributed by atoms with van der Waals surface area (Å²) in [7, 11) is 3.83. The number of hydrogen-bond donors (Lipinski definition) is 1. The number of nitrogens with one attached hydrogen (secondary N) is 1. The molecule has 0 unspecified atom stereocenters. The van der Waals surface area contributed by atoms with Gasteiger partial charge in [-0.2, -0.15) is 0 Å². The summed E-state index contributed by atoms with van der Waals surface area (Å²) in [4.78, 5) is 27.4. The maximum Gasteiger partial charge on any atom is 0.226 e. The van der Waals surface area contributed by atoms with E-state index in [1.54, 1.807) is 12.1 Å². The van der Waals surface area contributed by atoms with Gasteiger partial charge in [0.25, 0.3) is 0 Å². The van der Waals surface area contributed by atoms with Gasteiger partial charge in [0, 0.05) is 51.4 Å². The summed E-state index contributed by atoms with van der Waals surface area (Å²) in [5.74, 6) is -2.24. The van der Waals surface area contributed by atoms with E-state index in [4.69, 9.17) is 0 Å². The van der Waals surface area contributed by atoms with Crippen molar-refractivity contribution in [2.24, 2.45) is 0 Å². The van der Waals surface area contributed by atoms with E-state index in [2.05, 4.69) is 5.32 Å². The van der Waals surface area contributed by atoms with E-state index in [1.165, 1.54) is 11.8 Å². The van der Waals surface area contributed by atoms with Crippen LogP contribution in [0.3, 0.4) is 0 Å². The second-order valence-electron chi connectivity index (χ2n) is 6.00. The van der Waals surface area contributed by atoms with Crippen molar-refractivity contribution < 1.29 is 18.4 Å². The van der Waals surface area contributed by atoms with Crippen molar-refractivity contribution in [3.8, 4) is 0 Å². The van der Waals surface area contributed by atoms with Gasteiger partial charge >= 0.3 is 0 Å². The molecule has 5 nitrogen and oxygen atoms in total. The third-order valence-electron chi connectivity index (χ3n) is 3.83. The van der Waals surface area contributed by atoms with E-state index in [0.29, 0.717) is 11.8 Å². The van der Waals surface area contributed by atoms with Gasteiger partial charge in [-0.05, 0) is 36.4 Å². The molecule has 138 valence electrons. The summed E-state index contributed by atoms with van der Waals surface area (Å²) in [5, 5.41) is 2.38. The first kappa shape index (κ1) is 19.4. The molecule has 2 rings (SSSR count). The first-order valence-electron chi connectivity index (χ1n) is 8.08. The predicted octanol–water partition coefficient (Wildman–Crippen LogP) is 3.41. The van der Waals surface area contributed by atoms with Crippen LogP contribution in [-0.4, -0.2) is 32.5 Å². The van der Waals surface area contributed by atoms with Gasteiger partial charge in [-0.1, -0.05) is 0 Å². The monoisotopic (exact) mass is 361 g/mol. The molecule has 0 heterocycles. The Bertz CT molecular complexity index is 792. The molecule has 0 aromatic heterocycles. The van der Waals surface area contributed by atoms with Crippen molar-refractivity contribution >= 4 is 28.9 Å². The van der Waals surface area contributed by atoms with Gasteiger partial charge in [0.15, 0.2) is 0 Å². The number of halogens is 2. The molecule has 2 aromatic rings. The highest BCUT2D eigenvalue weighted by atomic mass is 19.1. The quantitative estimate of drug-likeness (QED) is 0.858. The van der Waals surface area contributed by atoms with Gasteiger partial charge < -0.3 is 15.1 Å². The molecule has 0 saturated heterocycles. The van der Waals surface area contributed by atoms with Gasteiger partial charge in [0.05, 0.1) is 5.69 Å². The topological polar surface area (TPSA) is 52.7 Å². The molecule has 2 amide bonds. The Morgan fingerprint density at radius 3 is 2.15 bits per heavy atom. The first-order valence-corrected chi connectivity index (χ1v) is 8.08. The molecule has 0 atom stereocenters. The second-order valence-corrected chi connectivity index (χ2v) is 6.00. The lowest BCUT2D eigenvalue weighted by atomic mass is 10.2. The highest BCUT2D eigenvalue weighted by molar-refractivity contribution is 5.95. The minimum atomic E-state index is -0.846. The summed E-state index contributed by atoms with van der Waals surface area (Å²) < 4.78 is 26.5. The lowest BCUT2D eigenvalue weighted by Gasteiger charge is -2.22. The third kappa shape index (κ3) is 5.02. The molecule has 0 saturated carbocycles. The number of nitrogens with zero attached hydrogens (tertiary/aromatic N) is 2. The molecule has 1 N–H and O–H groups in total. The zero-order chi connectivity index (χ0) is 19.3. The third-order valence-corrected chi connectivity index (χ3v) is 3.83. The molecule has 26 heavy (non-hydrogen) atoms. The number of carbonyl (C=O) groups excluding carboxylic acids is 2. The van der Waals surface area contributed by atoms with Crippen LogP contribution in [0.5, 0.6) is 0 Å².